The smallest absolute Gasteiger partial charge is 0.336 e. The molecule has 1 aromatic rings. The lowest BCUT2D eigenvalue weighted by molar-refractivity contribution is 0.250. The lowest BCUT2D eigenvalue weighted by Gasteiger charge is -2.01. The second kappa shape index (κ2) is 5.57. The first-order valence-corrected chi connectivity index (χ1v) is 5.06. The fraction of sp³-hybridized carbons (Fsp3) is 0. The molecule has 0 aliphatic heterocycles. The highest BCUT2D eigenvalue weighted by atomic mass is 79.9. The number of guanidine groups is 1. The molecule has 0 spiro atoms. The molecule has 0 bridgehead atoms. The molecule has 4 N–H and O–H groups in total. The van der Waals surface area contributed by atoms with Crippen molar-refractivity contribution in [3.8, 4) is 0 Å². The van der Waals surface area contributed by atoms with E-state index >= 15 is 0 Å². The summed E-state index contributed by atoms with van der Waals surface area (Å²) in [5.41, 5.74) is 6.06. The van der Waals surface area contributed by atoms with Crippen molar-refractivity contribution in [1.29, 1.82) is 0 Å². The number of carbonyl (C=O) groups excluding carboxylic acids is 1. The summed E-state index contributed by atoms with van der Waals surface area (Å²) in [7, 11) is 0. The highest BCUT2D eigenvalue weighted by Crippen LogP contribution is 2.16. The standard InChI is InChI=1S/C8H8BrClN4O/c9-5-1-3-6(4-2-5)12-7(11)13-8(15)14-10/h1-4H,(H4,11,12,13,14,15). The van der Waals surface area contributed by atoms with Gasteiger partial charge in [-0.3, -0.25) is 5.32 Å². The minimum atomic E-state index is -0.630. The van der Waals surface area contributed by atoms with Gasteiger partial charge in [0.05, 0.1) is 5.69 Å². The van der Waals surface area contributed by atoms with Crippen LogP contribution in [0, 0.1) is 0 Å². The first kappa shape index (κ1) is 11.8. The predicted octanol–water partition coefficient (Wildman–Crippen LogP) is 1.85. The largest absolute Gasteiger partial charge is 0.369 e. The zero-order chi connectivity index (χ0) is 11.3. The van der Waals surface area contributed by atoms with Crippen molar-refractivity contribution in [2.75, 3.05) is 0 Å². The normalized spacial score (nSPS) is 10.9. The van der Waals surface area contributed by atoms with E-state index in [2.05, 4.69) is 26.2 Å². The van der Waals surface area contributed by atoms with Crippen molar-refractivity contribution in [3.63, 3.8) is 0 Å². The molecular weight excluding hydrogens is 283 g/mol. The van der Waals surface area contributed by atoms with E-state index in [9.17, 15) is 4.79 Å². The van der Waals surface area contributed by atoms with Crippen LogP contribution in [-0.4, -0.2) is 12.0 Å². The molecule has 0 heterocycles. The van der Waals surface area contributed by atoms with Crippen molar-refractivity contribution < 1.29 is 4.79 Å². The molecule has 5 nitrogen and oxygen atoms in total. The van der Waals surface area contributed by atoms with Crippen LogP contribution >= 0.6 is 27.7 Å². The van der Waals surface area contributed by atoms with E-state index in [1.54, 1.807) is 12.1 Å². The van der Waals surface area contributed by atoms with Gasteiger partial charge in [0.2, 0.25) is 5.96 Å². The van der Waals surface area contributed by atoms with Crippen LogP contribution < -0.4 is 15.9 Å². The topological polar surface area (TPSA) is 79.5 Å². The van der Waals surface area contributed by atoms with E-state index in [1.807, 2.05) is 17.0 Å². The summed E-state index contributed by atoms with van der Waals surface area (Å²) in [5, 5.41) is 2.23. The quantitative estimate of drug-likeness (QED) is 0.419. The van der Waals surface area contributed by atoms with Crippen molar-refractivity contribution in [1.82, 2.24) is 10.2 Å². The minimum absolute atomic E-state index is 0.0320. The molecule has 0 radical (unpaired) electrons. The van der Waals surface area contributed by atoms with Crippen LogP contribution in [0.15, 0.2) is 33.7 Å². The fourth-order valence-electron chi connectivity index (χ4n) is 0.823. The van der Waals surface area contributed by atoms with E-state index < -0.39 is 6.03 Å². The van der Waals surface area contributed by atoms with Crippen molar-refractivity contribution in [2.45, 2.75) is 0 Å². The number of benzene rings is 1. The van der Waals surface area contributed by atoms with Gasteiger partial charge in [0.15, 0.2) is 0 Å². The Hall–Kier alpha value is -1.27. The van der Waals surface area contributed by atoms with E-state index in [0.29, 0.717) is 5.69 Å². The van der Waals surface area contributed by atoms with Gasteiger partial charge in [-0.05, 0) is 24.3 Å². The summed E-state index contributed by atoms with van der Waals surface area (Å²) < 4.78 is 0.937. The molecule has 80 valence electrons. The SMILES string of the molecule is NC(=Nc1ccc(Br)cc1)NC(=O)NCl. The van der Waals surface area contributed by atoms with Gasteiger partial charge in [-0.1, -0.05) is 15.9 Å². The summed E-state index contributed by atoms with van der Waals surface area (Å²) >= 11 is 8.33. The average Bonchev–Trinajstić information content (AvgIpc) is 2.21. The van der Waals surface area contributed by atoms with Gasteiger partial charge in [-0.25, -0.2) is 14.6 Å². The first-order valence-electron chi connectivity index (χ1n) is 3.89. The Morgan fingerprint density at radius 1 is 1.40 bits per heavy atom. The molecule has 0 atom stereocenters. The average molecular weight is 292 g/mol. The maximum Gasteiger partial charge on any atom is 0.336 e. The summed E-state index contributed by atoms with van der Waals surface area (Å²) in [6.07, 6.45) is 0. The number of hydrogen-bond acceptors (Lipinski definition) is 2. The highest BCUT2D eigenvalue weighted by molar-refractivity contribution is 9.10. The first-order chi connectivity index (χ1) is 7.11. The number of halogens is 2. The van der Waals surface area contributed by atoms with Crippen molar-refractivity contribution in [2.24, 2.45) is 10.7 Å². The van der Waals surface area contributed by atoms with Crippen LogP contribution in [0.4, 0.5) is 10.5 Å². The van der Waals surface area contributed by atoms with E-state index in [1.165, 1.54) is 0 Å². The third kappa shape index (κ3) is 4.18. The van der Waals surface area contributed by atoms with Crippen molar-refractivity contribution >= 4 is 45.4 Å². The number of carbonyl (C=O) groups is 1. The number of rotatable bonds is 1. The zero-order valence-corrected chi connectivity index (χ0v) is 9.84. The van der Waals surface area contributed by atoms with E-state index in [4.69, 9.17) is 17.5 Å². The number of hydrogen-bond donors (Lipinski definition) is 3. The molecule has 15 heavy (non-hydrogen) atoms. The summed E-state index contributed by atoms with van der Waals surface area (Å²) in [4.78, 5) is 16.5. The lowest BCUT2D eigenvalue weighted by atomic mass is 10.3. The minimum Gasteiger partial charge on any atom is -0.369 e. The van der Waals surface area contributed by atoms with Crippen LogP contribution in [0.25, 0.3) is 0 Å². The number of nitrogens with two attached hydrogens (primary N) is 1. The van der Waals surface area contributed by atoms with Gasteiger partial charge >= 0.3 is 6.03 Å². The molecule has 1 aromatic carbocycles. The van der Waals surface area contributed by atoms with Gasteiger partial charge in [0.1, 0.15) is 0 Å². The van der Waals surface area contributed by atoms with Crippen LogP contribution in [0.5, 0.6) is 0 Å². The molecular formula is C8H8BrClN4O. The molecule has 0 fully saturated rings. The maximum absolute atomic E-state index is 10.7. The number of amides is 2. The monoisotopic (exact) mass is 290 g/mol. The van der Waals surface area contributed by atoms with Gasteiger partial charge in [0.25, 0.3) is 0 Å². The zero-order valence-electron chi connectivity index (χ0n) is 7.50. The summed E-state index contributed by atoms with van der Waals surface area (Å²) in [6, 6.07) is 6.49. The Morgan fingerprint density at radius 3 is 2.53 bits per heavy atom. The maximum atomic E-state index is 10.7. The van der Waals surface area contributed by atoms with Crippen LogP contribution in [0.3, 0.4) is 0 Å². The predicted molar refractivity (Wildman–Crippen MR) is 62.9 cm³/mol. The number of nitrogens with zero attached hydrogens (tertiary/aromatic N) is 1. The molecule has 2 amide bonds. The van der Waals surface area contributed by atoms with Crippen LogP contribution in [0.2, 0.25) is 0 Å². The van der Waals surface area contributed by atoms with Gasteiger partial charge < -0.3 is 5.73 Å². The van der Waals surface area contributed by atoms with Gasteiger partial charge in [0, 0.05) is 16.2 Å². The molecule has 0 aromatic heterocycles. The molecule has 0 aliphatic rings. The third-order valence-corrected chi connectivity index (χ3v) is 2.10. The molecule has 0 saturated carbocycles. The van der Waals surface area contributed by atoms with Gasteiger partial charge in [-0.2, -0.15) is 0 Å². The number of aliphatic imine (C=N–C) groups is 1. The Labute approximate surface area is 99.9 Å². The van der Waals surface area contributed by atoms with Crippen LogP contribution in [-0.2, 0) is 0 Å². The van der Waals surface area contributed by atoms with E-state index in [0.717, 1.165) is 4.47 Å². The number of nitrogens with one attached hydrogen (secondary N) is 2. The Morgan fingerprint density at radius 2 is 2.00 bits per heavy atom. The Balaban J connectivity index is 2.70. The molecule has 7 heteroatoms. The van der Waals surface area contributed by atoms with Gasteiger partial charge in [-0.15, -0.1) is 0 Å². The number of urea groups is 1. The van der Waals surface area contributed by atoms with Crippen molar-refractivity contribution in [3.05, 3.63) is 28.7 Å². The molecule has 0 unspecified atom stereocenters. The summed E-state index contributed by atoms with van der Waals surface area (Å²) in [6.45, 7) is 0. The summed E-state index contributed by atoms with van der Waals surface area (Å²) in [5.74, 6) is -0.0320. The Kier molecular flexibility index (Phi) is 4.38. The van der Waals surface area contributed by atoms with Crippen LogP contribution in [0.1, 0.15) is 0 Å². The van der Waals surface area contributed by atoms with E-state index in [-0.39, 0.29) is 5.96 Å². The second-order valence-corrected chi connectivity index (χ2v) is 3.63. The molecule has 1 rings (SSSR count). The fourth-order valence-corrected chi connectivity index (χ4v) is 1.13. The molecule has 0 saturated heterocycles. The highest BCUT2D eigenvalue weighted by Gasteiger charge is 1.99. The molecule has 0 aliphatic carbocycles. The lowest BCUT2D eigenvalue weighted by Crippen LogP contribution is -2.40. The second-order valence-electron chi connectivity index (χ2n) is 2.52. The Bertz CT molecular complexity index is 379. The third-order valence-electron chi connectivity index (χ3n) is 1.40.